The fraction of sp³-hybridized carbons (Fsp3) is 0.562. The molecular formula is C16H22BrN5O3. The number of carbonyl (C=O) groups excluding carboxylic acids is 1. The van der Waals surface area contributed by atoms with Crippen LogP contribution in [0, 0.1) is 0 Å². The molecule has 1 fully saturated rings. The van der Waals surface area contributed by atoms with Crippen molar-refractivity contribution in [1.82, 2.24) is 19.3 Å². The summed E-state index contributed by atoms with van der Waals surface area (Å²) in [6, 6.07) is 0. The van der Waals surface area contributed by atoms with Crippen LogP contribution in [0.2, 0.25) is 0 Å². The zero-order valence-corrected chi connectivity index (χ0v) is 16.3. The number of anilines is 1. The smallest absolute Gasteiger partial charge is 0.410 e. The molecular weight excluding hydrogens is 390 g/mol. The van der Waals surface area contributed by atoms with Gasteiger partial charge in [-0.25, -0.2) is 14.8 Å². The third-order valence-corrected chi connectivity index (χ3v) is 4.61. The van der Waals surface area contributed by atoms with Crippen LogP contribution in [-0.2, 0) is 4.74 Å². The second-order valence-corrected chi connectivity index (χ2v) is 7.79. The molecule has 0 aliphatic carbocycles. The second-order valence-electron chi connectivity index (χ2n) is 7.04. The minimum atomic E-state index is -0.512. The lowest BCUT2D eigenvalue weighted by Crippen LogP contribution is -2.35. The number of amides is 1. The number of carbonyl (C=O) groups is 1. The number of fused-ring (bicyclic) bond motifs is 1. The molecule has 3 heterocycles. The van der Waals surface area contributed by atoms with E-state index in [4.69, 9.17) is 15.2 Å². The van der Waals surface area contributed by atoms with E-state index in [0.29, 0.717) is 34.9 Å². The highest BCUT2D eigenvalue weighted by atomic mass is 79.9. The number of imidazole rings is 1. The molecule has 0 bridgehead atoms. The summed E-state index contributed by atoms with van der Waals surface area (Å²) in [5, 5.41) is 0. The number of rotatable bonds is 2. The van der Waals surface area contributed by atoms with Gasteiger partial charge in [0, 0.05) is 19.0 Å². The van der Waals surface area contributed by atoms with E-state index in [0.717, 1.165) is 12.2 Å². The Morgan fingerprint density at radius 3 is 2.80 bits per heavy atom. The number of nitrogen functional groups attached to an aromatic ring is 1. The van der Waals surface area contributed by atoms with Crippen LogP contribution in [0.3, 0.4) is 0 Å². The molecule has 1 aliphatic rings. The van der Waals surface area contributed by atoms with E-state index >= 15 is 0 Å². The first-order chi connectivity index (χ1) is 11.7. The van der Waals surface area contributed by atoms with Gasteiger partial charge in [0.05, 0.1) is 13.3 Å². The third kappa shape index (κ3) is 3.37. The fourth-order valence-electron chi connectivity index (χ4n) is 2.98. The average molecular weight is 412 g/mol. The Bertz CT molecular complexity index is 814. The highest BCUT2D eigenvalue weighted by Crippen LogP contribution is 2.34. The van der Waals surface area contributed by atoms with Crippen LogP contribution < -0.4 is 10.5 Å². The van der Waals surface area contributed by atoms with E-state index in [1.807, 2.05) is 25.2 Å². The van der Waals surface area contributed by atoms with Gasteiger partial charge in [-0.15, -0.1) is 0 Å². The molecule has 8 nitrogen and oxygen atoms in total. The molecule has 136 valence electrons. The molecule has 9 heteroatoms. The Kier molecular flexibility index (Phi) is 4.52. The van der Waals surface area contributed by atoms with Crippen LogP contribution in [-0.4, -0.2) is 51.2 Å². The minimum absolute atomic E-state index is 0.0574. The summed E-state index contributed by atoms with van der Waals surface area (Å²) in [5.74, 6) is 1.77. The third-order valence-electron chi connectivity index (χ3n) is 4.05. The van der Waals surface area contributed by atoms with Gasteiger partial charge < -0.3 is 20.1 Å². The largest absolute Gasteiger partial charge is 0.481 e. The van der Waals surface area contributed by atoms with Gasteiger partial charge in [0.2, 0.25) is 5.88 Å². The Morgan fingerprint density at radius 2 is 2.16 bits per heavy atom. The fourth-order valence-corrected chi connectivity index (χ4v) is 3.54. The zero-order chi connectivity index (χ0) is 18.4. The molecule has 0 unspecified atom stereocenters. The molecule has 0 spiro atoms. The van der Waals surface area contributed by atoms with Crippen LogP contribution in [0.5, 0.6) is 5.88 Å². The first-order valence-electron chi connectivity index (χ1n) is 8.05. The number of hydrogen-bond acceptors (Lipinski definition) is 6. The minimum Gasteiger partial charge on any atom is -0.481 e. The molecule has 2 aromatic heterocycles. The lowest BCUT2D eigenvalue weighted by atomic mass is 10.1. The highest BCUT2D eigenvalue weighted by Gasteiger charge is 2.34. The zero-order valence-electron chi connectivity index (χ0n) is 14.7. The monoisotopic (exact) mass is 411 g/mol. The Labute approximate surface area is 154 Å². The normalized spacial score (nSPS) is 18.0. The number of aromatic nitrogens is 3. The number of methoxy groups -OCH3 is 1. The first-order valence-corrected chi connectivity index (χ1v) is 8.85. The van der Waals surface area contributed by atoms with Gasteiger partial charge >= 0.3 is 6.09 Å². The number of nitrogens with two attached hydrogens (primary N) is 1. The van der Waals surface area contributed by atoms with Gasteiger partial charge in [-0.3, -0.25) is 4.40 Å². The molecule has 0 radical (unpaired) electrons. The molecule has 2 aromatic rings. The van der Waals surface area contributed by atoms with Crippen LogP contribution in [0.1, 0.15) is 38.9 Å². The van der Waals surface area contributed by atoms with E-state index in [2.05, 4.69) is 25.9 Å². The molecule has 0 saturated carbocycles. The number of ether oxygens (including phenoxy) is 2. The van der Waals surface area contributed by atoms with Crippen molar-refractivity contribution in [3.05, 3.63) is 16.6 Å². The van der Waals surface area contributed by atoms with E-state index in [-0.39, 0.29) is 12.0 Å². The summed E-state index contributed by atoms with van der Waals surface area (Å²) in [5.41, 5.74) is 6.15. The maximum absolute atomic E-state index is 12.3. The SMILES string of the molecule is COc1cnc(N)c2c(Br)nc([C@H]3CCN(C(=O)OC(C)(C)C)C3)n12. The molecule has 1 saturated heterocycles. The number of hydrogen-bond donors (Lipinski definition) is 1. The van der Waals surface area contributed by atoms with Gasteiger partial charge in [0.15, 0.2) is 5.82 Å². The van der Waals surface area contributed by atoms with Crippen LogP contribution >= 0.6 is 15.9 Å². The van der Waals surface area contributed by atoms with Crippen molar-refractivity contribution < 1.29 is 14.3 Å². The summed E-state index contributed by atoms with van der Waals surface area (Å²) < 4.78 is 13.3. The topological polar surface area (TPSA) is 95.0 Å². The highest BCUT2D eigenvalue weighted by molar-refractivity contribution is 9.10. The predicted molar refractivity (Wildman–Crippen MR) is 96.8 cm³/mol. The molecule has 1 atom stereocenters. The Morgan fingerprint density at radius 1 is 1.44 bits per heavy atom. The first kappa shape index (κ1) is 17.8. The number of likely N-dealkylation sites (tertiary alicyclic amines) is 1. The molecule has 1 aliphatic heterocycles. The van der Waals surface area contributed by atoms with Crippen molar-refractivity contribution in [3.8, 4) is 5.88 Å². The molecule has 2 N–H and O–H groups in total. The Balaban J connectivity index is 1.91. The maximum Gasteiger partial charge on any atom is 0.410 e. The van der Waals surface area contributed by atoms with Crippen LogP contribution in [0.15, 0.2) is 10.8 Å². The molecule has 0 aromatic carbocycles. The summed E-state index contributed by atoms with van der Waals surface area (Å²) in [6.45, 7) is 6.73. The number of halogens is 1. The number of nitrogens with zero attached hydrogens (tertiary/aromatic N) is 4. The van der Waals surface area contributed by atoms with Crippen molar-refractivity contribution in [1.29, 1.82) is 0 Å². The van der Waals surface area contributed by atoms with Gasteiger partial charge in [-0.05, 0) is 43.1 Å². The van der Waals surface area contributed by atoms with Gasteiger partial charge in [-0.2, -0.15) is 0 Å². The second kappa shape index (κ2) is 6.36. The summed E-state index contributed by atoms with van der Waals surface area (Å²) in [7, 11) is 1.58. The van der Waals surface area contributed by atoms with Crippen molar-refractivity contribution in [2.24, 2.45) is 0 Å². The average Bonchev–Trinajstić information content (AvgIpc) is 3.11. The summed E-state index contributed by atoms with van der Waals surface area (Å²) >= 11 is 3.45. The predicted octanol–water partition coefficient (Wildman–Crippen LogP) is 2.81. The van der Waals surface area contributed by atoms with E-state index in [9.17, 15) is 4.79 Å². The molecule has 1 amide bonds. The van der Waals surface area contributed by atoms with Crippen LogP contribution in [0.4, 0.5) is 10.6 Å². The molecule has 25 heavy (non-hydrogen) atoms. The van der Waals surface area contributed by atoms with Crippen molar-refractivity contribution in [2.45, 2.75) is 38.7 Å². The lowest BCUT2D eigenvalue weighted by Gasteiger charge is -2.24. The molecule has 3 rings (SSSR count). The van der Waals surface area contributed by atoms with Crippen molar-refractivity contribution in [3.63, 3.8) is 0 Å². The Hall–Kier alpha value is -2.03. The summed E-state index contributed by atoms with van der Waals surface area (Å²) in [4.78, 5) is 22.8. The quantitative estimate of drug-likeness (QED) is 0.815. The van der Waals surface area contributed by atoms with E-state index in [1.54, 1.807) is 18.2 Å². The van der Waals surface area contributed by atoms with Gasteiger partial charge in [-0.1, -0.05) is 0 Å². The van der Waals surface area contributed by atoms with Gasteiger partial charge in [0.1, 0.15) is 21.5 Å². The maximum atomic E-state index is 12.3. The van der Waals surface area contributed by atoms with Crippen molar-refractivity contribution >= 4 is 33.4 Å². The van der Waals surface area contributed by atoms with Gasteiger partial charge in [0.25, 0.3) is 0 Å². The lowest BCUT2D eigenvalue weighted by molar-refractivity contribution is 0.0292. The van der Waals surface area contributed by atoms with E-state index < -0.39 is 5.60 Å². The summed E-state index contributed by atoms with van der Waals surface area (Å²) in [6.07, 6.45) is 2.06. The van der Waals surface area contributed by atoms with Crippen LogP contribution in [0.25, 0.3) is 5.52 Å². The van der Waals surface area contributed by atoms with E-state index in [1.165, 1.54) is 0 Å². The standard InChI is InChI=1S/C16H22BrN5O3/c1-16(2,3)25-15(23)21-6-5-9(8-21)14-20-12(17)11-13(18)19-7-10(24-4)22(11)14/h7,9H,5-6,8H2,1-4H3,(H2,18,19)/t9-/m0/s1. The van der Waals surface area contributed by atoms with Crippen molar-refractivity contribution in [2.75, 3.05) is 25.9 Å².